The molecule has 1 N–H and O–H groups in total. The van der Waals surface area contributed by atoms with Gasteiger partial charge in [-0.3, -0.25) is 15.1 Å². The fraction of sp³-hybridized carbons (Fsp3) is 0.160. The lowest BCUT2D eigenvalue weighted by Gasteiger charge is -2.37. The van der Waals surface area contributed by atoms with Crippen molar-refractivity contribution in [1.82, 2.24) is 0 Å². The number of aliphatic imine (C=N–C) groups is 1. The van der Waals surface area contributed by atoms with Crippen molar-refractivity contribution in [2.45, 2.75) is 18.4 Å². The zero-order chi connectivity index (χ0) is 20.5. The number of hydrogen-bond acceptors (Lipinski definition) is 4. The third-order valence-electron chi connectivity index (χ3n) is 5.99. The minimum absolute atomic E-state index is 0.0813. The molecule has 5 nitrogen and oxygen atoms in total. The average Bonchev–Trinajstić information content (AvgIpc) is 3.28. The Bertz CT molecular complexity index is 1130. The summed E-state index contributed by atoms with van der Waals surface area (Å²) < 4.78 is 0. The molecule has 2 aliphatic rings. The molecule has 3 unspecified atom stereocenters. The topological polar surface area (TPSA) is 67.5 Å². The third-order valence-corrected chi connectivity index (χ3v) is 5.99. The van der Waals surface area contributed by atoms with Crippen molar-refractivity contribution in [2.24, 2.45) is 10.9 Å². The Morgan fingerprint density at radius 3 is 2.53 bits per heavy atom. The molecule has 5 heteroatoms. The Balaban J connectivity index is 1.34. The molecule has 0 amide bonds. The number of nitrogens with zero attached hydrogens (tertiary/aromatic N) is 2. The van der Waals surface area contributed by atoms with Gasteiger partial charge in [-0.05, 0) is 59.4 Å². The van der Waals surface area contributed by atoms with Crippen LogP contribution in [0.5, 0.6) is 0 Å². The molecule has 0 bridgehead atoms. The van der Waals surface area contributed by atoms with Gasteiger partial charge in [-0.15, -0.1) is 0 Å². The first-order chi connectivity index (χ1) is 14.7. The van der Waals surface area contributed by atoms with Gasteiger partial charge in [0, 0.05) is 30.0 Å². The number of nitrogens with one attached hydrogen (secondary N) is 1. The summed E-state index contributed by atoms with van der Waals surface area (Å²) in [4.78, 5) is 14.9. The van der Waals surface area contributed by atoms with E-state index in [9.17, 15) is 10.1 Å². The Hall–Kier alpha value is -3.73. The van der Waals surface area contributed by atoms with Crippen LogP contribution < -0.4 is 5.32 Å². The molecule has 1 aliphatic carbocycles. The van der Waals surface area contributed by atoms with Crippen LogP contribution >= 0.6 is 0 Å². The Morgan fingerprint density at radius 1 is 1.00 bits per heavy atom. The van der Waals surface area contributed by atoms with Gasteiger partial charge in [-0.1, -0.05) is 42.5 Å². The van der Waals surface area contributed by atoms with Crippen LogP contribution in [-0.2, 0) is 0 Å². The molecule has 148 valence electrons. The molecule has 3 atom stereocenters. The van der Waals surface area contributed by atoms with Crippen LogP contribution in [0.15, 0.2) is 89.9 Å². The summed E-state index contributed by atoms with van der Waals surface area (Å²) in [6.07, 6.45) is 7.46. The van der Waals surface area contributed by atoms with E-state index in [0.717, 1.165) is 17.7 Å². The van der Waals surface area contributed by atoms with E-state index < -0.39 is 4.92 Å². The van der Waals surface area contributed by atoms with E-state index in [1.807, 2.05) is 12.1 Å². The minimum Gasteiger partial charge on any atom is -0.378 e. The summed E-state index contributed by atoms with van der Waals surface area (Å²) >= 11 is 0. The van der Waals surface area contributed by atoms with Crippen LogP contribution in [0.4, 0.5) is 17.1 Å². The number of non-ortho nitro benzene ring substituents is 1. The Morgan fingerprint density at radius 2 is 1.77 bits per heavy atom. The highest BCUT2D eigenvalue weighted by molar-refractivity contribution is 5.82. The highest BCUT2D eigenvalue weighted by Gasteiger charge is 2.37. The standard InChI is InChI=1S/C25H21N3O2/c29-28(30)20-14-8-17(9-15-20)16-26-19-12-10-18(11-13-19)25-23-6-3-5-21(23)22-4-1-2-7-24(22)27-25/h1-5,7-16,21,23,25,27H,6H2. The summed E-state index contributed by atoms with van der Waals surface area (Å²) in [6, 6.07) is 23.6. The van der Waals surface area contributed by atoms with Gasteiger partial charge in [-0.25, -0.2) is 0 Å². The normalized spacial score (nSPS) is 21.8. The van der Waals surface area contributed by atoms with Crippen LogP contribution in [0.3, 0.4) is 0 Å². The minimum atomic E-state index is -0.401. The summed E-state index contributed by atoms with van der Waals surface area (Å²) in [7, 11) is 0. The molecule has 0 spiro atoms. The van der Waals surface area contributed by atoms with Crippen LogP contribution in [-0.4, -0.2) is 11.1 Å². The lowest BCUT2D eigenvalue weighted by molar-refractivity contribution is -0.384. The quantitative estimate of drug-likeness (QED) is 0.248. The molecule has 3 aromatic rings. The van der Waals surface area contributed by atoms with Gasteiger partial charge >= 0.3 is 0 Å². The van der Waals surface area contributed by atoms with Gasteiger partial charge in [0.05, 0.1) is 16.7 Å². The van der Waals surface area contributed by atoms with Crippen molar-refractivity contribution in [3.8, 4) is 0 Å². The Kier molecular flexibility index (Phi) is 4.64. The van der Waals surface area contributed by atoms with Crippen molar-refractivity contribution in [1.29, 1.82) is 0 Å². The van der Waals surface area contributed by atoms with E-state index in [-0.39, 0.29) is 11.7 Å². The average molecular weight is 395 g/mol. The largest absolute Gasteiger partial charge is 0.378 e. The maximum atomic E-state index is 10.8. The monoisotopic (exact) mass is 395 g/mol. The molecule has 1 heterocycles. The number of para-hydroxylation sites is 1. The molecule has 0 aromatic heterocycles. The molecule has 30 heavy (non-hydrogen) atoms. The highest BCUT2D eigenvalue weighted by Crippen LogP contribution is 2.49. The number of benzene rings is 3. The van der Waals surface area contributed by atoms with Crippen LogP contribution in [0.25, 0.3) is 0 Å². The summed E-state index contributed by atoms with van der Waals surface area (Å²) in [5, 5.41) is 14.5. The van der Waals surface area contributed by atoms with Crippen molar-refractivity contribution < 1.29 is 4.92 Å². The SMILES string of the molecule is O=[N+]([O-])c1ccc(C=Nc2ccc(C3Nc4ccccc4C4C=CCC43)cc2)cc1. The van der Waals surface area contributed by atoms with Gasteiger partial charge in [0.25, 0.3) is 5.69 Å². The van der Waals surface area contributed by atoms with E-state index in [2.05, 4.69) is 58.9 Å². The number of fused-ring (bicyclic) bond motifs is 3. The molecular formula is C25H21N3O2. The first-order valence-corrected chi connectivity index (χ1v) is 10.1. The molecule has 0 fully saturated rings. The van der Waals surface area contributed by atoms with E-state index >= 15 is 0 Å². The van der Waals surface area contributed by atoms with Gasteiger partial charge in [0.2, 0.25) is 0 Å². The summed E-state index contributed by atoms with van der Waals surface area (Å²) in [5.41, 5.74) is 5.63. The van der Waals surface area contributed by atoms with Gasteiger partial charge in [0.15, 0.2) is 0 Å². The van der Waals surface area contributed by atoms with E-state index in [0.29, 0.717) is 11.8 Å². The summed E-state index contributed by atoms with van der Waals surface area (Å²) in [6.45, 7) is 0. The van der Waals surface area contributed by atoms with Gasteiger partial charge < -0.3 is 5.32 Å². The fourth-order valence-electron chi connectivity index (χ4n) is 4.47. The van der Waals surface area contributed by atoms with Gasteiger partial charge in [-0.2, -0.15) is 0 Å². The van der Waals surface area contributed by atoms with Crippen molar-refractivity contribution >= 4 is 23.3 Å². The number of hydrogen-bond donors (Lipinski definition) is 1. The predicted octanol–water partition coefficient (Wildman–Crippen LogP) is 6.17. The first-order valence-electron chi connectivity index (χ1n) is 10.1. The van der Waals surface area contributed by atoms with Crippen LogP contribution in [0, 0.1) is 16.0 Å². The predicted molar refractivity (Wildman–Crippen MR) is 120 cm³/mol. The van der Waals surface area contributed by atoms with Crippen molar-refractivity contribution in [3.63, 3.8) is 0 Å². The second kappa shape index (κ2) is 7.59. The molecule has 5 rings (SSSR count). The lowest BCUT2D eigenvalue weighted by Crippen LogP contribution is -2.28. The second-order valence-corrected chi connectivity index (χ2v) is 7.76. The molecule has 0 saturated carbocycles. The number of allylic oxidation sites excluding steroid dienone is 2. The van der Waals surface area contributed by atoms with E-state index in [1.165, 1.54) is 28.9 Å². The van der Waals surface area contributed by atoms with Crippen molar-refractivity contribution in [2.75, 3.05) is 5.32 Å². The molecule has 1 aliphatic heterocycles. The van der Waals surface area contributed by atoms with E-state index in [1.54, 1.807) is 18.3 Å². The first kappa shape index (κ1) is 18.3. The number of nitro groups is 1. The number of nitro benzene ring substituents is 1. The van der Waals surface area contributed by atoms with Crippen LogP contribution in [0.1, 0.15) is 35.1 Å². The fourth-order valence-corrected chi connectivity index (χ4v) is 4.47. The molecular weight excluding hydrogens is 374 g/mol. The van der Waals surface area contributed by atoms with Crippen LogP contribution in [0.2, 0.25) is 0 Å². The number of anilines is 1. The van der Waals surface area contributed by atoms with Gasteiger partial charge in [0.1, 0.15) is 0 Å². The zero-order valence-corrected chi connectivity index (χ0v) is 16.3. The maximum absolute atomic E-state index is 10.8. The lowest BCUT2D eigenvalue weighted by atomic mass is 9.77. The van der Waals surface area contributed by atoms with Crippen molar-refractivity contribution in [3.05, 3.63) is 112 Å². The Labute approximate surface area is 174 Å². The zero-order valence-electron chi connectivity index (χ0n) is 16.3. The smallest absolute Gasteiger partial charge is 0.269 e. The number of rotatable bonds is 4. The maximum Gasteiger partial charge on any atom is 0.269 e. The third kappa shape index (κ3) is 3.39. The summed E-state index contributed by atoms with van der Waals surface area (Å²) in [5.74, 6) is 0.988. The molecule has 0 radical (unpaired) electrons. The molecule has 0 saturated heterocycles. The second-order valence-electron chi connectivity index (χ2n) is 7.76. The molecule has 3 aromatic carbocycles. The van der Waals surface area contributed by atoms with E-state index in [4.69, 9.17) is 0 Å². The highest BCUT2D eigenvalue weighted by atomic mass is 16.6.